The Bertz CT molecular complexity index is 970. The number of aromatic nitrogens is 3. The number of anilines is 1. The second kappa shape index (κ2) is 12.4. The van der Waals surface area contributed by atoms with E-state index < -0.39 is 44.9 Å². The lowest BCUT2D eigenvalue weighted by Gasteiger charge is -2.31. The lowest BCUT2D eigenvalue weighted by molar-refractivity contribution is -0.252. The van der Waals surface area contributed by atoms with Gasteiger partial charge in [0.05, 0.1) is 12.3 Å². The molecule has 0 saturated heterocycles. The molecule has 5 N–H and O–H groups in total. The Kier molecular flexibility index (Phi) is 10.2. The third-order valence-corrected chi connectivity index (χ3v) is 6.67. The van der Waals surface area contributed by atoms with Crippen LogP contribution in [0.4, 0.5) is 10.2 Å². The van der Waals surface area contributed by atoms with E-state index in [1.807, 2.05) is 13.8 Å². The Morgan fingerprint density at radius 1 is 1.35 bits per heavy atom. The molecule has 2 aromatic heterocycles. The molecule has 0 aliphatic carbocycles. The quantitative estimate of drug-likeness (QED) is 0.167. The van der Waals surface area contributed by atoms with Crippen LogP contribution >= 0.6 is 8.18 Å². The van der Waals surface area contributed by atoms with Crippen molar-refractivity contribution in [2.75, 3.05) is 26.1 Å². The van der Waals surface area contributed by atoms with Crippen LogP contribution in [-0.4, -0.2) is 69.1 Å². The summed E-state index contributed by atoms with van der Waals surface area (Å²) in [4.78, 5) is 16.0. The number of halogens is 1. The second-order valence-corrected chi connectivity index (χ2v) is 8.71. The normalized spacial score (nSPS) is 16.8. The summed E-state index contributed by atoms with van der Waals surface area (Å²) in [5.41, 5.74) is 6.15. The van der Waals surface area contributed by atoms with E-state index >= 15 is 0 Å². The molecule has 0 fully saturated rings. The van der Waals surface area contributed by atoms with Crippen molar-refractivity contribution in [3.05, 3.63) is 24.2 Å². The monoisotopic (exact) mass is 504 g/mol. The number of fused-ring (bicyclic) bond motifs is 1. The minimum atomic E-state index is -2.93. The van der Waals surface area contributed by atoms with Gasteiger partial charge in [-0.05, 0) is 29.5 Å². The van der Waals surface area contributed by atoms with Crippen LogP contribution in [0.25, 0.3) is 5.52 Å². The zero-order valence-corrected chi connectivity index (χ0v) is 20.4. The molecule has 0 aromatic carbocycles. The summed E-state index contributed by atoms with van der Waals surface area (Å²) in [6.45, 7) is 4.10. The molecule has 5 atom stereocenters. The zero-order chi connectivity index (χ0) is 25.5. The number of methoxy groups -OCH3 is 1. The number of ether oxygens (including phenoxy) is 2. The third kappa shape index (κ3) is 6.23. The van der Waals surface area contributed by atoms with Crippen LogP contribution in [0.15, 0.2) is 18.5 Å². The van der Waals surface area contributed by atoms with Crippen molar-refractivity contribution < 1.29 is 38.0 Å². The standard InChI is InChI=1S/C20H32FN5O7P/c1-5-13(6-2)9-32-19(29)12(3)25-34(30)33-20(10-21,31-4)17(28)16(27)14-7-8-15-18(22)23-11-24-26(14)15/h7-8,11-13,16-17,27-28H,5-6,9-10H2,1-4H3,(H,25,30)(H2,22,23,24)/q+1/t12-,16-,17-,20+/m0/s1. The van der Waals surface area contributed by atoms with Gasteiger partial charge in [-0.1, -0.05) is 36.3 Å². The predicted molar refractivity (Wildman–Crippen MR) is 120 cm³/mol. The highest BCUT2D eigenvalue weighted by Gasteiger charge is 2.52. The number of hydrogen-bond donors (Lipinski definition) is 4. The van der Waals surface area contributed by atoms with Crippen LogP contribution in [0.3, 0.4) is 0 Å². The number of alkyl halides is 1. The summed E-state index contributed by atoms with van der Waals surface area (Å²) in [5.74, 6) is -2.86. The summed E-state index contributed by atoms with van der Waals surface area (Å²) in [6.07, 6.45) is -1.00. The molecule has 14 heteroatoms. The second-order valence-electron chi connectivity index (χ2n) is 7.75. The van der Waals surface area contributed by atoms with Crippen LogP contribution in [0.1, 0.15) is 45.4 Å². The molecule has 0 bridgehead atoms. The van der Waals surface area contributed by atoms with E-state index in [0.717, 1.165) is 26.3 Å². The minimum Gasteiger partial charge on any atom is -0.464 e. The minimum absolute atomic E-state index is 0.0385. The van der Waals surface area contributed by atoms with Gasteiger partial charge in [-0.3, -0.25) is 4.79 Å². The molecule has 0 radical (unpaired) electrons. The van der Waals surface area contributed by atoms with Crippen molar-refractivity contribution in [1.29, 1.82) is 0 Å². The molecule has 0 aliphatic heterocycles. The first kappa shape index (κ1) is 28.0. The number of nitrogens with zero attached hydrogens (tertiary/aromatic N) is 3. The van der Waals surface area contributed by atoms with E-state index in [4.69, 9.17) is 19.7 Å². The molecule has 34 heavy (non-hydrogen) atoms. The molecule has 12 nitrogen and oxygen atoms in total. The fourth-order valence-corrected chi connectivity index (χ4v) is 4.18. The number of esters is 1. The Morgan fingerprint density at radius 3 is 2.62 bits per heavy atom. The molecule has 190 valence electrons. The highest BCUT2D eigenvalue weighted by Crippen LogP contribution is 2.36. The number of hydrogen-bond acceptors (Lipinski definition) is 10. The molecule has 0 amide bonds. The molecule has 0 saturated carbocycles. The maximum absolute atomic E-state index is 14.1. The Morgan fingerprint density at radius 2 is 2.03 bits per heavy atom. The lowest BCUT2D eigenvalue weighted by Crippen LogP contribution is -2.51. The van der Waals surface area contributed by atoms with Gasteiger partial charge in [0, 0.05) is 7.11 Å². The SMILES string of the molecule is CCC(CC)COC(=O)[C@H](C)N[P+](=O)O[C@@](CF)(OC)[C@@H](O)[C@@H](O)c1ccc2c(N)ncnn12. The van der Waals surface area contributed by atoms with E-state index in [0.29, 0.717) is 5.52 Å². The van der Waals surface area contributed by atoms with E-state index in [1.165, 1.54) is 23.6 Å². The van der Waals surface area contributed by atoms with Crippen molar-refractivity contribution in [2.24, 2.45) is 5.92 Å². The molecule has 2 aromatic rings. The van der Waals surface area contributed by atoms with E-state index in [1.54, 1.807) is 0 Å². The van der Waals surface area contributed by atoms with Crippen LogP contribution in [-0.2, 0) is 23.4 Å². The van der Waals surface area contributed by atoms with E-state index in [-0.39, 0.29) is 24.0 Å². The summed E-state index contributed by atoms with van der Waals surface area (Å²) >= 11 is 0. The predicted octanol–water partition coefficient (Wildman–Crippen LogP) is 1.65. The van der Waals surface area contributed by atoms with Crippen molar-refractivity contribution >= 4 is 25.5 Å². The average molecular weight is 504 g/mol. The topological polar surface area (TPSA) is 171 Å². The van der Waals surface area contributed by atoms with Crippen LogP contribution in [0.5, 0.6) is 0 Å². The van der Waals surface area contributed by atoms with Crippen molar-refractivity contribution in [3.63, 3.8) is 0 Å². The van der Waals surface area contributed by atoms with Crippen molar-refractivity contribution in [2.45, 2.75) is 57.6 Å². The van der Waals surface area contributed by atoms with Gasteiger partial charge in [0.15, 0.2) is 12.5 Å². The molecule has 2 rings (SSSR count). The van der Waals surface area contributed by atoms with E-state index in [9.17, 15) is 24.0 Å². The molecular formula is C20H32FN5O7P+. The van der Waals surface area contributed by atoms with Crippen molar-refractivity contribution in [3.8, 4) is 0 Å². The highest BCUT2D eigenvalue weighted by molar-refractivity contribution is 7.36. The van der Waals surface area contributed by atoms with Gasteiger partial charge in [0.1, 0.15) is 30.1 Å². The summed E-state index contributed by atoms with van der Waals surface area (Å²) in [5, 5.41) is 27.8. The number of nitrogens with two attached hydrogens (primary N) is 1. The van der Waals surface area contributed by atoms with Gasteiger partial charge < -0.3 is 25.4 Å². The first-order valence-corrected chi connectivity index (χ1v) is 12.0. The van der Waals surface area contributed by atoms with Gasteiger partial charge in [-0.2, -0.15) is 5.10 Å². The zero-order valence-electron chi connectivity index (χ0n) is 19.5. The largest absolute Gasteiger partial charge is 0.617 e. The number of carbonyl (C=O) groups is 1. The van der Waals surface area contributed by atoms with Crippen LogP contribution in [0, 0.1) is 5.92 Å². The fourth-order valence-electron chi connectivity index (χ4n) is 3.20. The molecule has 2 heterocycles. The van der Waals surface area contributed by atoms with Gasteiger partial charge >= 0.3 is 14.1 Å². The number of nitrogen functional groups attached to an aromatic ring is 1. The number of aliphatic hydroxyl groups excluding tert-OH is 2. The first-order valence-electron chi connectivity index (χ1n) is 10.8. The number of nitrogens with one attached hydrogen (secondary N) is 1. The molecule has 0 spiro atoms. The van der Waals surface area contributed by atoms with E-state index in [2.05, 4.69) is 15.2 Å². The van der Waals surface area contributed by atoms with Crippen LogP contribution < -0.4 is 10.8 Å². The fraction of sp³-hybridized carbons (Fsp3) is 0.650. The summed E-state index contributed by atoms with van der Waals surface area (Å²) < 4.78 is 43.2. The Hall–Kier alpha value is -2.28. The molecular weight excluding hydrogens is 472 g/mol. The number of carbonyl (C=O) groups excluding carboxylic acids is 1. The third-order valence-electron chi connectivity index (χ3n) is 5.60. The lowest BCUT2D eigenvalue weighted by atomic mass is 10.0. The van der Waals surface area contributed by atoms with Gasteiger partial charge in [0.25, 0.3) is 5.79 Å². The maximum Gasteiger partial charge on any atom is 0.617 e. The Balaban J connectivity index is 2.11. The van der Waals surface area contributed by atoms with Gasteiger partial charge in [-0.15, -0.1) is 0 Å². The average Bonchev–Trinajstić information content (AvgIpc) is 3.27. The molecule has 0 aliphatic rings. The van der Waals surface area contributed by atoms with Gasteiger partial charge in [0.2, 0.25) is 0 Å². The smallest absolute Gasteiger partial charge is 0.464 e. The first-order chi connectivity index (χ1) is 16.1. The van der Waals surface area contributed by atoms with Crippen LogP contribution in [0.2, 0.25) is 0 Å². The van der Waals surface area contributed by atoms with Gasteiger partial charge in [-0.25, -0.2) is 13.9 Å². The van der Waals surface area contributed by atoms with Crippen molar-refractivity contribution in [1.82, 2.24) is 19.7 Å². The molecule has 1 unspecified atom stereocenters. The number of rotatable bonds is 14. The maximum atomic E-state index is 14.1. The Labute approximate surface area is 197 Å². The summed E-state index contributed by atoms with van der Waals surface area (Å²) in [7, 11) is -1.91. The highest BCUT2D eigenvalue weighted by atomic mass is 31.1. The number of aliphatic hydroxyl groups is 2. The summed E-state index contributed by atoms with van der Waals surface area (Å²) in [6, 6.07) is 1.86.